The minimum Gasteiger partial charge on any atom is -0.480 e. The van der Waals surface area contributed by atoms with Crippen LogP contribution in [0.2, 0.25) is 0 Å². The summed E-state index contributed by atoms with van der Waals surface area (Å²) in [5, 5.41) is 67.3. The van der Waals surface area contributed by atoms with Crippen LogP contribution < -0.4 is 11.1 Å². The van der Waals surface area contributed by atoms with E-state index in [-0.39, 0.29) is 24.6 Å². The Bertz CT molecular complexity index is 952. The molecule has 0 aliphatic carbocycles. The van der Waals surface area contributed by atoms with Crippen molar-refractivity contribution in [2.24, 2.45) is 5.73 Å². The fourth-order valence-corrected chi connectivity index (χ4v) is 4.01. The highest BCUT2D eigenvalue weighted by molar-refractivity contribution is 5.89. The van der Waals surface area contributed by atoms with Crippen LogP contribution in [0.15, 0.2) is 48.6 Å². The number of rotatable bonds is 26. The van der Waals surface area contributed by atoms with Crippen LogP contribution in [-0.4, -0.2) is 96.9 Å². The third kappa shape index (κ3) is 24.1. The summed E-state index contributed by atoms with van der Waals surface area (Å²) in [5.74, 6) is -2.62. The number of ketones is 1. The van der Waals surface area contributed by atoms with E-state index in [0.29, 0.717) is 19.4 Å². The van der Waals surface area contributed by atoms with Crippen LogP contribution in [0.4, 0.5) is 0 Å². The molecular weight excluding hydrogens is 572 g/mol. The molecule has 0 saturated heterocycles. The second-order valence-corrected chi connectivity index (χ2v) is 10.5. The molecule has 0 bridgehead atoms. The molecule has 13 heteroatoms. The molecule has 0 heterocycles. The van der Waals surface area contributed by atoms with Crippen molar-refractivity contribution in [2.45, 2.75) is 108 Å². The average Bonchev–Trinajstić information content (AvgIpc) is 2.96. The maximum absolute atomic E-state index is 11.9. The minimum absolute atomic E-state index is 0.0231. The van der Waals surface area contributed by atoms with Gasteiger partial charge in [0.15, 0.2) is 11.9 Å². The second kappa shape index (κ2) is 26.1. The van der Waals surface area contributed by atoms with Crippen molar-refractivity contribution in [1.29, 1.82) is 5.41 Å². The zero-order valence-electron chi connectivity index (χ0n) is 25.5. The molecule has 250 valence electrons. The molecule has 44 heavy (non-hydrogen) atoms. The number of unbranched alkanes of at least 4 members (excludes halogenated alkanes) is 6. The van der Waals surface area contributed by atoms with Crippen molar-refractivity contribution >= 4 is 23.6 Å². The number of amides is 1. The lowest BCUT2D eigenvalue weighted by molar-refractivity contribution is -0.142. The molecule has 4 atom stereocenters. The SMILES string of the molecule is N=C(N)N(O)CCCCC/C=C/C=C/C(=O)CCC/C=C/C=C/CCCCC(O)CC(O)CC(O)C(O)C(=O)NCC(=O)O. The molecule has 0 aliphatic heterocycles. The summed E-state index contributed by atoms with van der Waals surface area (Å²) < 4.78 is 0. The third-order valence-electron chi connectivity index (χ3n) is 6.49. The van der Waals surface area contributed by atoms with Gasteiger partial charge in [0.1, 0.15) is 6.54 Å². The molecule has 0 aromatic heterocycles. The number of nitrogens with one attached hydrogen (secondary N) is 2. The zero-order chi connectivity index (χ0) is 33.2. The normalized spacial score (nSPS) is 14.8. The van der Waals surface area contributed by atoms with Crippen LogP contribution >= 0.6 is 0 Å². The van der Waals surface area contributed by atoms with Gasteiger partial charge in [-0.05, 0) is 63.9 Å². The van der Waals surface area contributed by atoms with E-state index in [2.05, 4.69) is 0 Å². The smallest absolute Gasteiger partial charge is 0.322 e. The summed E-state index contributed by atoms with van der Waals surface area (Å²) in [6, 6.07) is 0. The number of carbonyl (C=O) groups excluding carboxylic acids is 2. The van der Waals surface area contributed by atoms with Gasteiger partial charge in [-0.25, -0.2) is 5.06 Å². The lowest BCUT2D eigenvalue weighted by Crippen LogP contribution is -2.45. The van der Waals surface area contributed by atoms with Gasteiger partial charge in [0.25, 0.3) is 5.91 Å². The summed E-state index contributed by atoms with van der Waals surface area (Å²) in [6.07, 6.45) is 17.6. The first-order valence-corrected chi connectivity index (χ1v) is 15.1. The Morgan fingerprint density at radius 2 is 1.39 bits per heavy atom. The van der Waals surface area contributed by atoms with Crippen LogP contribution in [0.5, 0.6) is 0 Å². The number of guanidine groups is 1. The molecule has 0 rings (SSSR count). The molecule has 10 N–H and O–H groups in total. The first kappa shape index (κ1) is 40.6. The zero-order valence-corrected chi connectivity index (χ0v) is 25.5. The molecule has 0 fully saturated rings. The van der Waals surface area contributed by atoms with Crippen LogP contribution in [0.25, 0.3) is 0 Å². The minimum atomic E-state index is -1.88. The average molecular weight is 625 g/mol. The number of hydroxylamine groups is 2. The van der Waals surface area contributed by atoms with E-state index in [0.717, 1.165) is 62.9 Å². The fourth-order valence-electron chi connectivity index (χ4n) is 4.01. The Balaban J connectivity index is 3.85. The van der Waals surface area contributed by atoms with Crippen molar-refractivity contribution in [3.8, 4) is 0 Å². The highest BCUT2D eigenvalue weighted by atomic mass is 16.5. The highest BCUT2D eigenvalue weighted by Crippen LogP contribution is 2.14. The number of aliphatic carboxylic acids is 1. The molecule has 4 unspecified atom stereocenters. The van der Waals surface area contributed by atoms with Crippen molar-refractivity contribution in [2.75, 3.05) is 13.1 Å². The summed E-state index contributed by atoms with van der Waals surface area (Å²) in [5.41, 5.74) is 5.15. The molecule has 13 nitrogen and oxygen atoms in total. The largest absolute Gasteiger partial charge is 0.480 e. The van der Waals surface area contributed by atoms with Gasteiger partial charge in [-0.3, -0.25) is 25.0 Å². The van der Waals surface area contributed by atoms with E-state index in [1.54, 1.807) is 12.2 Å². The number of hydrogen-bond donors (Lipinski definition) is 9. The van der Waals surface area contributed by atoms with Crippen molar-refractivity contribution in [3.05, 3.63) is 48.6 Å². The first-order valence-electron chi connectivity index (χ1n) is 15.1. The maximum atomic E-state index is 11.9. The number of carboxylic acids is 1. The lowest BCUT2D eigenvalue weighted by Gasteiger charge is -2.21. The van der Waals surface area contributed by atoms with E-state index >= 15 is 0 Å². The van der Waals surface area contributed by atoms with Crippen molar-refractivity contribution in [3.63, 3.8) is 0 Å². The summed E-state index contributed by atoms with van der Waals surface area (Å²) in [4.78, 5) is 33.9. The van der Waals surface area contributed by atoms with Crippen LogP contribution in [0, 0.1) is 5.41 Å². The van der Waals surface area contributed by atoms with Gasteiger partial charge < -0.3 is 36.6 Å². The van der Waals surface area contributed by atoms with Crippen LogP contribution in [0.3, 0.4) is 0 Å². The Morgan fingerprint density at radius 1 is 0.795 bits per heavy atom. The summed E-state index contributed by atoms with van der Waals surface area (Å²) in [6.45, 7) is -0.354. The molecule has 1 amide bonds. The number of carboxylic acid groups (broad SMARTS) is 1. The van der Waals surface area contributed by atoms with E-state index in [9.17, 15) is 40.0 Å². The molecule has 0 aromatic rings. The lowest BCUT2D eigenvalue weighted by atomic mass is 9.99. The second-order valence-electron chi connectivity index (χ2n) is 10.5. The van der Waals surface area contributed by atoms with Gasteiger partial charge >= 0.3 is 5.97 Å². The van der Waals surface area contributed by atoms with Crippen molar-refractivity contribution in [1.82, 2.24) is 10.4 Å². The first-order chi connectivity index (χ1) is 20.9. The predicted octanol–water partition coefficient (Wildman–Crippen LogP) is 2.08. The monoisotopic (exact) mass is 624 g/mol. The van der Waals surface area contributed by atoms with Gasteiger partial charge in [-0.2, -0.15) is 0 Å². The van der Waals surface area contributed by atoms with E-state index in [1.165, 1.54) is 0 Å². The molecule has 0 spiro atoms. The number of nitrogens with zero attached hydrogens (tertiary/aromatic N) is 1. The number of allylic oxidation sites excluding steroid dienone is 8. The third-order valence-corrected chi connectivity index (χ3v) is 6.49. The molecule has 0 saturated carbocycles. The predicted molar refractivity (Wildman–Crippen MR) is 167 cm³/mol. The number of aliphatic hydroxyl groups excluding tert-OH is 4. The molecule has 0 radical (unpaired) electrons. The quantitative estimate of drug-likeness (QED) is 0.0169. The van der Waals surface area contributed by atoms with E-state index in [4.69, 9.17) is 16.2 Å². The summed E-state index contributed by atoms with van der Waals surface area (Å²) >= 11 is 0. The fraction of sp³-hybridized carbons (Fsp3) is 0.613. The summed E-state index contributed by atoms with van der Waals surface area (Å²) in [7, 11) is 0. The highest BCUT2D eigenvalue weighted by Gasteiger charge is 2.27. The molecular formula is C31H52N4O9. The number of hydrogen-bond acceptors (Lipinski definition) is 9. The van der Waals surface area contributed by atoms with Crippen LogP contribution in [-0.2, 0) is 14.4 Å². The van der Waals surface area contributed by atoms with Gasteiger partial charge in [0, 0.05) is 19.4 Å². The maximum Gasteiger partial charge on any atom is 0.322 e. The Morgan fingerprint density at radius 3 is 2.00 bits per heavy atom. The Kier molecular flexibility index (Phi) is 24.1. The van der Waals surface area contributed by atoms with Gasteiger partial charge in [0.05, 0.1) is 18.3 Å². The number of aliphatic hydroxyl groups is 4. The number of nitrogens with two attached hydrogens (primary N) is 1. The standard InChI is InChI=1S/C31H52N4O9/c32-31(33)35(44)20-16-12-8-4-7-10-14-18-24(36)17-13-9-5-2-1-3-6-11-15-19-25(37)21-26(38)22-27(39)29(42)30(43)34-23-28(40)41/h1-3,5,7,10,14,18,25-27,29,37-39,42,44H,4,6,8-9,11-13,15-17,19-23H2,(H3,32,33)(H,34,43)(H,40,41)/b3-1+,5-2+,10-7+,18-14+. The Hall–Kier alpha value is -3.36. The van der Waals surface area contributed by atoms with Crippen LogP contribution in [0.1, 0.15) is 83.5 Å². The number of carbonyl (C=O) groups is 3. The molecule has 0 aromatic carbocycles. The van der Waals surface area contributed by atoms with E-state index < -0.39 is 42.8 Å². The Labute approximate surface area is 259 Å². The molecule has 0 aliphatic rings. The van der Waals surface area contributed by atoms with Gasteiger partial charge in [-0.1, -0.05) is 55.4 Å². The topological polar surface area (TPSA) is 238 Å². The van der Waals surface area contributed by atoms with Gasteiger partial charge in [0.2, 0.25) is 5.96 Å². The van der Waals surface area contributed by atoms with Gasteiger partial charge in [-0.15, -0.1) is 0 Å². The van der Waals surface area contributed by atoms with Crippen molar-refractivity contribution < 1.29 is 45.1 Å². The van der Waals surface area contributed by atoms with E-state index in [1.807, 2.05) is 41.8 Å².